The minimum atomic E-state index is -4.56. The fourth-order valence-corrected chi connectivity index (χ4v) is 4.10. The summed E-state index contributed by atoms with van der Waals surface area (Å²) in [7, 11) is -4.34. The average molecular weight is 413 g/mol. The van der Waals surface area contributed by atoms with E-state index in [4.69, 9.17) is 4.42 Å². The summed E-state index contributed by atoms with van der Waals surface area (Å²) in [5, 5.41) is 0. The van der Waals surface area contributed by atoms with Crippen LogP contribution in [-0.4, -0.2) is 12.7 Å². The number of benzene rings is 2. The first kappa shape index (κ1) is 20.1. The topological polar surface area (TPSA) is 50.5 Å². The molecule has 3 aromatic rings. The quantitative estimate of drug-likeness (QED) is 0.544. The van der Waals surface area contributed by atoms with Crippen LogP contribution in [0.4, 0.5) is 17.6 Å². The van der Waals surface area contributed by atoms with Crippen molar-refractivity contribution in [3.05, 3.63) is 89.6 Å². The fourth-order valence-electron chi connectivity index (χ4n) is 2.64. The van der Waals surface area contributed by atoms with Gasteiger partial charge in [0.1, 0.15) is 16.5 Å². The maximum Gasteiger partial charge on any atom is 0.416 e. The molecule has 0 spiro atoms. The van der Waals surface area contributed by atoms with Crippen molar-refractivity contribution in [1.29, 1.82) is 0 Å². The van der Waals surface area contributed by atoms with Crippen molar-refractivity contribution >= 4 is 10.0 Å². The van der Waals surface area contributed by atoms with E-state index < -0.39 is 32.5 Å². The summed E-state index contributed by atoms with van der Waals surface area (Å²) in [5.74, 6) is -0.678. The van der Waals surface area contributed by atoms with E-state index >= 15 is 0 Å². The third-order valence-corrected chi connectivity index (χ3v) is 5.80. The molecule has 0 unspecified atom stereocenters. The second-order valence-corrected chi connectivity index (χ2v) is 7.89. The molecule has 1 aromatic heterocycles. The summed E-state index contributed by atoms with van der Waals surface area (Å²) >= 11 is 0. The molecule has 0 aliphatic heterocycles. The van der Waals surface area contributed by atoms with Gasteiger partial charge < -0.3 is 4.42 Å². The summed E-state index contributed by atoms with van der Waals surface area (Å²) in [6.45, 7) is -0.652. The lowest BCUT2D eigenvalue weighted by atomic mass is 10.1. The maximum atomic E-state index is 14.1. The Morgan fingerprint density at radius 1 is 0.929 bits per heavy atom. The minimum absolute atomic E-state index is 0.112. The van der Waals surface area contributed by atoms with Crippen LogP contribution in [0.3, 0.4) is 0 Å². The number of furan rings is 1. The van der Waals surface area contributed by atoms with E-state index in [1.54, 1.807) is 6.07 Å². The first-order chi connectivity index (χ1) is 13.2. The van der Waals surface area contributed by atoms with Gasteiger partial charge in [-0.15, -0.1) is 0 Å². The second kappa shape index (κ2) is 7.76. The van der Waals surface area contributed by atoms with Gasteiger partial charge in [-0.1, -0.05) is 30.3 Å². The Labute approximate surface area is 159 Å². The lowest BCUT2D eigenvalue weighted by Gasteiger charge is -2.22. The molecule has 0 saturated carbocycles. The Kier molecular flexibility index (Phi) is 5.57. The normalized spacial score (nSPS) is 12.5. The Balaban J connectivity index is 2.00. The highest BCUT2D eigenvalue weighted by Gasteiger charge is 2.32. The highest BCUT2D eigenvalue weighted by molar-refractivity contribution is 7.89. The van der Waals surface area contributed by atoms with Crippen LogP contribution in [0.15, 0.2) is 76.2 Å². The largest absolute Gasteiger partial charge is 0.468 e. The molecule has 0 amide bonds. The zero-order valence-corrected chi connectivity index (χ0v) is 15.2. The minimum Gasteiger partial charge on any atom is -0.468 e. The standard InChI is InChI=1S/C19H15F4NO3S/c20-17-8-1-2-9-18(17)28(25,26)24(13-16-7-4-10-27-16)12-14-5-3-6-15(11-14)19(21,22)23/h1-11H,12-13H2. The van der Waals surface area contributed by atoms with E-state index in [2.05, 4.69) is 0 Å². The number of hydrogen-bond donors (Lipinski definition) is 0. The molecule has 1 heterocycles. The van der Waals surface area contributed by atoms with Gasteiger partial charge in [0, 0.05) is 6.54 Å². The fraction of sp³-hybridized carbons (Fsp3) is 0.158. The number of sulfonamides is 1. The lowest BCUT2D eigenvalue weighted by Crippen LogP contribution is -2.31. The van der Waals surface area contributed by atoms with Crippen molar-refractivity contribution in [2.24, 2.45) is 0 Å². The van der Waals surface area contributed by atoms with Crippen LogP contribution in [-0.2, 0) is 29.3 Å². The van der Waals surface area contributed by atoms with E-state index in [9.17, 15) is 26.0 Å². The second-order valence-electron chi connectivity index (χ2n) is 5.98. The van der Waals surface area contributed by atoms with Gasteiger partial charge in [-0.2, -0.15) is 17.5 Å². The molecule has 0 radical (unpaired) electrons. The number of nitrogens with zero attached hydrogens (tertiary/aromatic N) is 1. The molecular formula is C19H15F4NO3S. The predicted octanol–water partition coefficient (Wildman–Crippen LogP) is 4.83. The highest BCUT2D eigenvalue weighted by Crippen LogP contribution is 2.30. The molecule has 3 rings (SSSR count). The molecular weight excluding hydrogens is 398 g/mol. The molecule has 0 atom stereocenters. The van der Waals surface area contributed by atoms with Gasteiger partial charge in [-0.05, 0) is 35.9 Å². The zero-order valence-electron chi connectivity index (χ0n) is 14.4. The Hall–Kier alpha value is -2.65. The van der Waals surface area contributed by atoms with Gasteiger partial charge in [0.05, 0.1) is 18.4 Å². The van der Waals surface area contributed by atoms with Crippen molar-refractivity contribution in [2.75, 3.05) is 0 Å². The highest BCUT2D eigenvalue weighted by atomic mass is 32.2. The first-order valence-electron chi connectivity index (χ1n) is 8.11. The molecule has 9 heteroatoms. The van der Waals surface area contributed by atoms with Crippen molar-refractivity contribution in [1.82, 2.24) is 4.31 Å². The van der Waals surface area contributed by atoms with Crippen molar-refractivity contribution in [3.63, 3.8) is 0 Å². The van der Waals surface area contributed by atoms with E-state index in [-0.39, 0.29) is 24.4 Å². The number of alkyl halides is 3. The predicted molar refractivity (Wildman–Crippen MR) is 93.0 cm³/mol. The summed E-state index contributed by atoms with van der Waals surface area (Å²) in [6.07, 6.45) is -3.22. The molecule has 0 N–H and O–H groups in total. The van der Waals surface area contributed by atoms with Gasteiger partial charge in [0.15, 0.2) is 0 Å². The van der Waals surface area contributed by atoms with Gasteiger partial charge in [0.2, 0.25) is 10.0 Å². The van der Waals surface area contributed by atoms with Crippen LogP contribution in [0.25, 0.3) is 0 Å². The molecule has 0 fully saturated rings. The van der Waals surface area contributed by atoms with E-state index in [1.807, 2.05) is 0 Å². The van der Waals surface area contributed by atoms with Crippen LogP contribution in [0, 0.1) is 5.82 Å². The molecule has 4 nitrogen and oxygen atoms in total. The summed E-state index contributed by atoms with van der Waals surface area (Å²) in [6, 6.07) is 12.2. The summed E-state index contributed by atoms with van der Waals surface area (Å²) in [4.78, 5) is -0.562. The van der Waals surface area contributed by atoms with Gasteiger partial charge >= 0.3 is 6.18 Å². The maximum absolute atomic E-state index is 14.1. The Bertz CT molecular complexity index is 1050. The van der Waals surface area contributed by atoms with Crippen molar-refractivity contribution < 1.29 is 30.4 Å². The zero-order chi connectivity index (χ0) is 20.4. The molecule has 0 aliphatic rings. The van der Waals surface area contributed by atoms with Crippen LogP contribution in [0.1, 0.15) is 16.9 Å². The molecule has 148 valence electrons. The molecule has 28 heavy (non-hydrogen) atoms. The van der Waals surface area contributed by atoms with E-state index in [1.165, 1.54) is 36.6 Å². The van der Waals surface area contributed by atoms with Crippen LogP contribution < -0.4 is 0 Å². The van der Waals surface area contributed by atoms with E-state index in [0.29, 0.717) is 0 Å². The smallest absolute Gasteiger partial charge is 0.416 e. The average Bonchev–Trinajstić information content (AvgIpc) is 3.14. The summed E-state index contributed by atoms with van der Waals surface area (Å²) < 4.78 is 85.0. The van der Waals surface area contributed by atoms with E-state index in [0.717, 1.165) is 28.6 Å². The molecule has 0 aliphatic carbocycles. The summed E-state index contributed by atoms with van der Waals surface area (Å²) in [5.41, 5.74) is -0.785. The Morgan fingerprint density at radius 3 is 2.32 bits per heavy atom. The lowest BCUT2D eigenvalue weighted by molar-refractivity contribution is -0.137. The van der Waals surface area contributed by atoms with Crippen LogP contribution in [0.2, 0.25) is 0 Å². The monoisotopic (exact) mass is 413 g/mol. The van der Waals surface area contributed by atoms with Gasteiger partial charge in [-0.3, -0.25) is 0 Å². The van der Waals surface area contributed by atoms with Crippen molar-refractivity contribution in [2.45, 2.75) is 24.2 Å². The molecule has 0 saturated heterocycles. The molecule has 2 aromatic carbocycles. The van der Waals surface area contributed by atoms with Crippen LogP contribution >= 0.6 is 0 Å². The third-order valence-electron chi connectivity index (χ3n) is 3.98. The Morgan fingerprint density at radius 2 is 1.68 bits per heavy atom. The van der Waals surface area contributed by atoms with Crippen LogP contribution in [0.5, 0.6) is 0 Å². The first-order valence-corrected chi connectivity index (χ1v) is 9.55. The van der Waals surface area contributed by atoms with Crippen molar-refractivity contribution in [3.8, 4) is 0 Å². The third kappa shape index (κ3) is 4.42. The van der Waals surface area contributed by atoms with Gasteiger partial charge in [-0.25, -0.2) is 12.8 Å². The number of hydrogen-bond acceptors (Lipinski definition) is 3. The molecule has 0 bridgehead atoms. The number of rotatable bonds is 6. The SMILES string of the molecule is O=S(=O)(c1ccccc1F)N(Cc1cccc(C(F)(F)F)c1)Cc1ccco1. The van der Waals surface area contributed by atoms with Gasteiger partial charge in [0.25, 0.3) is 0 Å². The number of halogens is 4.